The van der Waals surface area contributed by atoms with Crippen molar-refractivity contribution in [2.24, 2.45) is 11.8 Å². The van der Waals surface area contributed by atoms with Gasteiger partial charge in [-0.1, -0.05) is 69.7 Å². The number of allylic oxidation sites excluding steroid dienone is 1. The summed E-state index contributed by atoms with van der Waals surface area (Å²) >= 11 is 0. The van der Waals surface area contributed by atoms with Crippen LogP contribution in [0.1, 0.15) is 80.8 Å². The summed E-state index contributed by atoms with van der Waals surface area (Å²) in [5, 5.41) is 6.79. The second kappa shape index (κ2) is 12.3. The quantitative estimate of drug-likeness (QED) is 0.388. The maximum Gasteiger partial charge on any atom is 0.257 e. The number of nitrogens with zero attached hydrogens (tertiary/aromatic N) is 1. The van der Waals surface area contributed by atoms with Crippen LogP contribution in [0.5, 0.6) is 0 Å². The number of halogens is 1. The summed E-state index contributed by atoms with van der Waals surface area (Å²) in [6.45, 7) is 9.56. The van der Waals surface area contributed by atoms with Gasteiger partial charge >= 0.3 is 0 Å². The van der Waals surface area contributed by atoms with Crippen molar-refractivity contribution in [2.45, 2.75) is 83.7 Å². The van der Waals surface area contributed by atoms with Crippen molar-refractivity contribution < 1.29 is 14.0 Å². The maximum atomic E-state index is 15.0. The van der Waals surface area contributed by atoms with Crippen LogP contribution in [0.4, 0.5) is 10.1 Å². The van der Waals surface area contributed by atoms with Crippen molar-refractivity contribution in [3.63, 3.8) is 0 Å². The van der Waals surface area contributed by atoms with E-state index in [0.717, 1.165) is 24.2 Å². The Morgan fingerprint density at radius 2 is 1.83 bits per heavy atom. The highest BCUT2D eigenvalue weighted by Gasteiger charge is 2.43. The van der Waals surface area contributed by atoms with Gasteiger partial charge in [0.2, 0.25) is 5.91 Å². The molecule has 1 heterocycles. The molecule has 2 fully saturated rings. The summed E-state index contributed by atoms with van der Waals surface area (Å²) < 4.78 is 15.0. The molecule has 2 aromatic rings. The minimum atomic E-state index is -0.511. The molecule has 0 radical (unpaired) electrons. The predicted octanol–water partition coefficient (Wildman–Crippen LogP) is 6.94. The van der Waals surface area contributed by atoms with E-state index in [1.165, 1.54) is 30.9 Å². The molecule has 3 aliphatic rings. The molecule has 0 spiro atoms. The fourth-order valence-electron chi connectivity index (χ4n) is 6.36. The van der Waals surface area contributed by atoms with Gasteiger partial charge in [-0.25, -0.2) is 4.39 Å². The van der Waals surface area contributed by atoms with Crippen LogP contribution in [0.15, 0.2) is 66.3 Å². The van der Waals surface area contributed by atoms with Crippen LogP contribution in [-0.4, -0.2) is 41.9 Å². The van der Waals surface area contributed by atoms with Crippen molar-refractivity contribution in [3.8, 4) is 0 Å². The lowest BCUT2D eigenvalue weighted by atomic mass is 9.77. The largest absolute Gasteiger partial charge is 0.334 e. The summed E-state index contributed by atoms with van der Waals surface area (Å²) in [5.41, 5.74) is 3.83. The number of carbonyl (C=O) groups excluding carboxylic acids is 2. The first-order valence-corrected chi connectivity index (χ1v) is 15.2. The van der Waals surface area contributed by atoms with Gasteiger partial charge in [0.25, 0.3) is 5.91 Å². The first-order chi connectivity index (χ1) is 19.6. The Morgan fingerprint density at radius 3 is 2.49 bits per heavy atom. The summed E-state index contributed by atoms with van der Waals surface area (Å²) in [5.74, 6) is -1.36. The molecule has 1 saturated heterocycles. The highest BCUT2D eigenvalue weighted by atomic mass is 19.1. The molecule has 2 N–H and O–H groups in total. The Balaban J connectivity index is 1.41. The van der Waals surface area contributed by atoms with Gasteiger partial charge in [0.1, 0.15) is 5.82 Å². The normalized spacial score (nSPS) is 23.1. The van der Waals surface area contributed by atoms with Crippen LogP contribution in [0.3, 0.4) is 0 Å². The molecular formula is C35H44FN3O2. The molecule has 1 saturated carbocycles. The lowest BCUT2D eigenvalue weighted by molar-refractivity contribution is -0.123. The van der Waals surface area contributed by atoms with E-state index in [-0.39, 0.29) is 34.8 Å². The summed E-state index contributed by atoms with van der Waals surface area (Å²) in [4.78, 5) is 29.7. The number of aryl methyl sites for hydroxylation is 1. The van der Waals surface area contributed by atoms with Gasteiger partial charge in [0, 0.05) is 30.7 Å². The molecule has 5 rings (SSSR count). The molecule has 1 aliphatic heterocycles. The molecule has 218 valence electrons. The van der Waals surface area contributed by atoms with Crippen LogP contribution >= 0.6 is 0 Å². The number of rotatable bonds is 7. The zero-order chi connectivity index (χ0) is 29.1. The first-order valence-electron chi connectivity index (χ1n) is 15.2. The Bertz CT molecular complexity index is 1320. The van der Waals surface area contributed by atoms with Gasteiger partial charge in [0.15, 0.2) is 0 Å². The smallest absolute Gasteiger partial charge is 0.257 e. The lowest BCUT2D eigenvalue weighted by Crippen LogP contribution is -2.55. The molecular weight excluding hydrogens is 513 g/mol. The van der Waals surface area contributed by atoms with Gasteiger partial charge in [-0.15, -0.1) is 0 Å². The second-order valence-corrected chi connectivity index (χ2v) is 13.0. The minimum Gasteiger partial charge on any atom is -0.334 e. The fraction of sp³-hybridized carbons (Fsp3) is 0.486. The van der Waals surface area contributed by atoms with E-state index < -0.39 is 11.7 Å². The van der Waals surface area contributed by atoms with E-state index in [2.05, 4.69) is 55.7 Å². The number of nitrogens with one attached hydrogen (secondary N) is 2. The molecule has 3 atom stereocenters. The number of hydrogen-bond acceptors (Lipinski definition) is 3. The predicted molar refractivity (Wildman–Crippen MR) is 163 cm³/mol. The Morgan fingerprint density at radius 1 is 1.05 bits per heavy atom. The number of likely N-dealkylation sites (tertiary alicyclic amines) is 1. The maximum absolute atomic E-state index is 15.0. The number of piperidine rings is 1. The van der Waals surface area contributed by atoms with E-state index >= 15 is 0 Å². The standard InChI is InChI=1S/C35H44FN3O2/c1-23-9-5-15-30(36)31(23)34(41)39-20-8-14-29(33(40)38-28-13-6-10-26(21-28)35(2,3)4)32(39)25-18-16-24(17-19-25)22-37-27-11-7-12-27/h5-6,9-10,13,15-18,21,25,27,29,32,37H,7-8,11-12,14,19-20,22H2,1-4H3,(H,38,40)/t25?,29?,32-/m0/s1. The van der Waals surface area contributed by atoms with E-state index in [0.29, 0.717) is 31.0 Å². The number of benzene rings is 2. The number of hydrogen-bond donors (Lipinski definition) is 2. The highest BCUT2D eigenvalue weighted by Crippen LogP contribution is 2.36. The molecule has 41 heavy (non-hydrogen) atoms. The third-order valence-electron chi connectivity index (χ3n) is 9.06. The lowest BCUT2D eigenvalue weighted by Gasteiger charge is -2.44. The van der Waals surface area contributed by atoms with Crippen LogP contribution in [0.2, 0.25) is 0 Å². The average Bonchev–Trinajstić information content (AvgIpc) is 2.91. The summed E-state index contributed by atoms with van der Waals surface area (Å²) in [6.07, 6.45) is 12.4. The van der Waals surface area contributed by atoms with Crippen LogP contribution in [-0.2, 0) is 10.2 Å². The topological polar surface area (TPSA) is 61.4 Å². The highest BCUT2D eigenvalue weighted by molar-refractivity contribution is 5.98. The van der Waals surface area contributed by atoms with Crippen LogP contribution in [0.25, 0.3) is 0 Å². The molecule has 0 bridgehead atoms. The van der Waals surface area contributed by atoms with E-state index in [1.54, 1.807) is 24.0 Å². The summed E-state index contributed by atoms with van der Waals surface area (Å²) in [6, 6.07) is 13.0. The number of anilines is 1. The van der Waals surface area contributed by atoms with Gasteiger partial charge in [-0.05, 0) is 79.3 Å². The van der Waals surface area contributed by atoms with Crippen molar-refractivity contribution in [1.82, 2.24) is 10.2 Å². The SMILES string of the molecule is Cc1cccc(F)c1C(=O)N1CCCC(C(=O)Nc2cccc(C(C)(C)C)c2)[C@@H]1C1C=CC(CNC2CCC2)=CC1. The Labute approximate surface area is 244 Å². The minimum absolute atomic E-state index is 0.0320. The van der Waals surface area contributed by atoms with Gasteiger partial charge in [-0.2, -0.15) is 0 Å². The molecule has 0 aromatic heterocycles. The second-order valence-electron chi connectivity index (χ2n) is 13.0. The molecule has 2 unspecified atom stereocenters. The molecule has 2 aromatic carbocycles. The fourth-order valence-corrected chi connectivity index (χ4v) is 6.36. The van der Waals surface area contributed by atoms with Crippen LogP contribution < -0.4 is 10.6 Å². The van der Waals surface area contributed by atoms with Gasteiger partial charge < -0.3 is 15.5 Å². The van der Waals surface area contributed by atoms with Crippen molar-refractivity contribution >= 4 is 17.5 Å². The Kier molecular flexibility index (Phi) is 8.79. The third kappa shape index (κ3) is 6.64. The van der Waals surface area contributed by atoms with Crippen molar-refractivity contribution in [1.29, 1.82) is 0 Å². The van der Waals surface area contributed by atoms with Crippen molar-refractivity contribution in [3.05, 3.63) is 88.8 Å². The molecule has 5 nitrogen and oxygen atoms in total. The zero-order valence-corrected chi connectivity index (χ0v) is 24.9. The first kappa shape index (κ1) is 29.2. The third-order valence-corrected chi connectivity index (χ3v) is 9.06. The van der Waals surface area contributed by atoms with E-state index in [1.807, 2.05) is 18.2 Å². The number of carbonyl (C=O) groups is 2. The Hall–Kier alpha value is -3.25. The van der Waals surface area contributed by atoms with E-state index in [4.69, 9.17) is 0 Å². The zero-order valence-electron chi connectivity index (χ0n) is 24.9. The van der Waals surface area contributed by atoms with Crippen molar-refractivity contribution in [2.75, 3.05) is 18.4 Å². The molecule has 2 aliphatic carbocycles. The molecule has 6 heteroatoms. The van der Waals surface area contributed by atoms with E-state index in [9.17, 15) is 14.0 Å². The average molecular weight is 558 g/mol. The monoisotopic (exact) mass is 557 g/mol. The summed E-state index contributed by atoms with van der Waals surface area (Å²) in [7, 11) is 0. The van der Waals surface area contributed by atoms with Crippen LogP contribution in [0, 0.1) is 24.6 Å². The van der Waals surface area contributed by atoms with Gasteiger partial charge in [-0.3, -0.25) is 9.59 Å². The molecule has 2 amide bonds. The van der Waals surface area contributed by atoms with Gasteiger partial charge in [0.05, 0.1) is 17.5 Å². The number of amides is 2.